The van der Waals surface area contributed by atoms with Gasteiger partial charge in [0.2, 0.25) is 5.78 Å². The summed E-state index contributed by atoms with van der Waals surface area (Å²) in [6.07, 6.45) is 7.55. The highest BCUT2D eigenvalue weighted by Crippen LogP contribution is 2.05. The standard InChI is InChI=1S/C13H25NO3.ClH/c1-2-3-4-5-6-7-11-17-13(16)12(15)9-8-10-14;/h2-11,14H2,1H3;1H. The van der Waals surface area contributed by atoms with Gasteiger partial charge in [-0.2, -0.15) is 0 Å². The summed E-state index contributed by atoms with van der Waals surface area (Å²) in [5, 5.41) is 0. The highest BCUT2D eigenvalue weighted by molar-refractivity contribution is 6.33. The van der Waals surface area contributed by atoms with E-state index in [4.69, 9.17) is 10.5 Å². The highest BCUT2D eigenvalue weighted by atomic mass is 35.5. The van der Waals surface area contributed by atoms with Gasteiger partial charge in [-0.15, -0.1) is 12.4 Å². The van der Waals surface area contributed by atoms with Crippen molar-refractivity contribution in [1.29, 1.82) is 0 Å². The maximum atomic E-state index is 11.2. The molecule has 18 heavy (non-hydrogen) atoms. The number of nitrogens with two attached hydrogens (primary N) is 1. The third kappa shape index (κ3) is 11.9. The normalized spacial score (nSPS) is 9.67. The van der Waals surface area contributed by atoms with Gasteiger partial charge in [-0.05, 0) is 19.4 Å². The van der Waals surface area contributed by atoms with Gasteiger partial charge in [0.25, 0.3) is 0 Å². The Hall–Kier alpha value is -0.610. The molecule has 2 N–H and O–H groups in total. The zero-order chi connectivity index (χ0) is 12.9. The van der Waals surface area contributed by atoms with Crippen molar-refractivity contribution in [1.82, 2.24) is 0 Å². The van der Waals surface area contributed by atoms with Crippen LogP contribution in [0.15, 0.2) is 0 Å². The quantitative estimate of drug-likeness (QED) is 0.359. The van der Waals surface area contributed by atoms with E-state index in [1.165, 1.54) is 25.7 Å². The number of hydrogen-bond acceptors (Lipinski definition) is 4. The van der Waals surface area contributed by atoms with Crippen molar-refractivity contribution in [2.45, 2.75) is 58.3 Å². The molecule has 0 spiro atoms. The Morgan fingerprint density at radius 3 is 2.22 bits per heavy atom. The first kappa shape index (κ1) is 19.7. The van der Waals surface area contributed by atoms with Crippen LogP contribution in [0.3, 0.4) is 0 Å². The molecular weight excluding hydrogens is 254 g/mol. The van der Waals surface area contributed by atoms with E-state index in [0.717, 1.165) is 12.8 Å². The van der Waals surface area contributed by atoms with Crippen LogP contribution < -0.4 is 5.73 Å². The molecule has 0 unspecified atom stereocenters. The van der Waals surface area contributed by atoms with Crippen molar-refractivity contribution < 1.29 is 14.3 Å². The van der Waals surface area contributed by atoms with Crippen LogP contribution in [0.25, 0.3) is 0 Å². The summed E-state index contributed by atoms with van der Waals surface area (Å²) in [4.78, 5) is 22.3. The molecule has 0 saturated carbocycles. The fourth-order valence-corrected chi connectivity index (χ4v) is 1.49. The second kappa shape index (κ2) is 14.5. The van der Waals surface area contributed by atoms with Gasteiger partial charge in [0.15, 0.2) is 0 Å². The summed E-state index contributed by atoms with van der Waals surface area (Å²) in [5.74, 6) is -1.16. The van der Waals surface area contributed by atoms with Crippen LogP contribution in [0, 0.1) is 0 Å². The van der Waals surface area contributed by atoms with Crippen molar-refractivity contribution >= 4 is 24.2 Å². The Balaban J connectivity index is 0. The lowest BCUT2D eigenvalue weighted by molar-refractivity contribution is -0.154. The second-order valence-corrected chi connectivity index (χ2v) is 4.22. The van der Waals surface area contributed by atoms with Crippen molar-refractivity contribution in [2.75, 3.05) is 13.2 Å². The SMILES string of the molecule is CCCCCCCCOC(=O)C(=O)CCCN.Cl. The number of carbonyl (C=O) groups is 2. The van der Waals surface area contributed by atoms with Gasteiger partial charge < -0.3 is 10.5 Å². The number of ketones is 1. The molecule has 108 valence electrons. The zero-order valence-corrected chi connectivity index (χ0v) is 12.1. The molecule has 0 aromatic heterocycles. The molecule has 0 aromatic rings. The fourth-order valence-electron chi connectivity index (χ4n) is 1.49. The van der Waals surface area contributed by atoms with E-state index in [0.29, 0.717) is 19.6 Å². The molecule has 0 aromatic carbocycles. The molecule has 0 rings (SSSR count). The van der Waals surface area contributed by atoms with E-state index in [1.54, 1.807) is 0 Å². The summed E-state index contributed by atoms with van der Waals surface area (Å²) in [7, 11) is 0. The Bertz CT molecular complexity index is 222. The number of esters is 1. The minimum atomic E-state index is -0.702. The average Bonchev–Trinajstić information content (AvgIpc) is 2.34. The molecule has 4 nitrogen and oxygen atoms in total. The molecule has 0 fully saturated rings. The third-order valence-electron chi connectivity index (χ3n) is 2.57. The smallest absolute Gasteiger partial charge is 0.374 e. The van der Waals surface area contributed by atoms with Crippen molar-refractivity contribution in [3.05, 3.63) is 0 Å². The number of halogens is 1. The fraction of sp³-hybridized carbons (Fsp3) is 0.846. The first-order valence-electron chi connectivity index (χ1n) is 6.62. The molecule has 0 atom stereocenters. The van der Waals surface area contributed by atoms with Crippen molar-refractivity contribution in [3.63, 3.8) is 0 Å². The summed E-state index contributed by atoms with van der Waals surface area (Å²) in [6.45, 7) is 2.96. The van der Waals surface area contributed by atoms with Gasteiger partial charge in [0.1, 0.15) is 0 Å². The molecule has 0 amide bonds. The predicted octanol–water partition coefficient (Wildman–Crippen LogP) is 2.62. The van der Waals surface area contributed by atoms with E-state index in [-0.39, 0.29) is 18.8 Å². The molecule has 0 radical (unpaired) electrons. The van der Waals surface area contributed by atoms with E-state index in [1.807, 2.05) is 0 Å². The Labute approximate surface area is 116 Å². The highest BCUT2D eigenvalue weighted by Gasteiger charge is 2.13. The molecule has 0 bridgehead atoms. The Morgan fingerprint density at radius 1 is 1.00 bits per heavy atom. The number of ether oxygens (including phenoxy) is 1. The lowest BCUT2D eigenvalue weighted by Gasteiger charge is -2.03. The Kier molecular flexibility index (Phi) is 15.8. The van der Waals surface area contributed by atoms with Crippen LogP contribution in [0.4, 0.5) is 0 Å². The maximum Gasteiger partial charge on any atom is 0.374 e. The second-order valence-electron chi connectivity index (χ2n) is 4.22. The number of unbranched alkanes of at least 4 members (excludes halogenated alkanes) is 5. The number of hydrogen-bond donors (Lipinski definition) is 1. The number of Topliss-reactive ketones (excluding diaryl/α,β-unsaturated/α-hetero) is 1. The lowest BCUT2D eigenvalue weighted by atomic mass is 10.1. The topological polar surface area (TPSA) is 69.4 Å². The number of carbonyl (C=O) groups excluding carboxylic acids is 2. The van der Waals surface area contributed by atoms with Crippen molar-refractivity contribution in [3.8, 4) is 0 Å². The third-order valence-corrected chi connectivity index (χ3v) is 2.57. The first-order chi connectivity index (χ1) is 8.22. The molecule has 0 heterocycles. The Morgan fingerprint density at radius 2 is 1.61 bits per heavy atom. The molecular formula is C13H26ClNO3. The van der Waals surface area contributed by atoms with Crippen LogP contribution in [0.5, 0.6) is 0 Å². The summed E-state index contributed by atoms with van der Waals surface area (Å²) < 4.78 is 4.88. The summed E-state index contributed by atoms with van der Waals surface area (Å²) >= 11 is 0. The van der Waals surface area contributed by atoms with Gasteiger partial charge in [-0.25, -0.2) is 4.79 Å². The minimum absolute atomic E-state index is 0. The van der Waals surface area contributed by atoms with E-state index < -0.39 is 11.8 Å². The number of rotatable bonds is 11. The molecule has 0 aliphatic heterocycles. The largest absolute Gasteiger partial charge is 0.460 e. The summed E-state index contributed by atoms with van der Waals surface area (Å²) in [6, 6.07) is 0. The molecule has 0 aliphatic carbocycles. The monoisotopic (exact) mass is 279 g/mol. The van der Waals surface area contributed by atoms with E-state index in [9.17, 15) is 9.59 Å². The van der Waals surface area contributed by atoms with Crippen molar-refractivity contribution in [2.24, 2.45) is 5.73 Å². The van der Waals surface area contributed by atoms with Crippen LogP contribution in [-0.2, 0) is 14.3 Å². The molecule has 0 saturated heterocycles. The lowest BCUT2D eigenvalue weighted by Crippen LogP contribution is -2.18. The zero-order valence-electron chi connectivity index (χ0n) is 11.3. The maximum absolute atomic E-state index is 11.2. The van der Waals surface area contributed by atoms with E-state index in [2.05, 4.69) is 6.92 Å². The van der Waals surface area contributed by atoms with Crippen LogP contribution in [0.2, 0.25) is 0 Å². The first-order valence-corrected chi connectivity index (χ1v) is 6.62. The van der Waals surface area contributed by atoms with Crippen LogP contribution >= 0.6 is 12.4 Å². The average molecular weight is 280 g/mol. The summed E-state index contributed by atoms with van der Waals surface area (Å²) in [5.41, 5.74) is 5.25. The molecule has 0 aliphatic rings. The minimum Gasteiger partial charge on any atom is -0.460 e. The van der Waals surface area contributed by atoms with Gasteiger partial charge in [-0.1, -0.05) is 39.0 Å². The van der Waals surface area contributed by atoms with Gasteiger partial charge >= 0.3 is 5.97 Å². The van der Waals surface area contributed by atoms with Gasteiger partial charge in [0.05, 0.1) is 6.61 Å². The van der Waals surface area contributed by atoms with Gasteiger partial charge in [-0.3, -0.25) is 4.79 Å². The van der Waals surface area contributed by atoms with Crippen LogP contribution in [0.1, 0.15) is 58.3 Å². The molecule has 5 heteroatoms. The van der Waals surface area contributed by atoms with E-state index >= 15 is 0 Å². The predicted molar refractivity (Wildman–Crippen MR) is 74.9 cm³/mol. The van der Waals surface area contributed by atoms with Gasteiger partial charge in [0, 0.05) is 6.42 Å². The van der Waals surface area contributed by atoms with Crippen LogP contribution in [-0.4, -0.2) is 24.9 Å².